The SMILES string of the molecule is CCCCCCNC(=O)[C@H](CS)NCC.Cl. The van der Waals surface area contributed by atoms with Crippen LogP contribution in [0.25, 0.3) is 0 Å². The summed E-state index contributed by atoms with van der Waals surface area (Å²) < 4.78 is 0. The van der Waals surface area contributed by atoms with Crippen LogP contribution in [0.2, 0.25) is 0 Å². The third-order valence-electron chi connectivity index (χ3n) is 2.28. The predicted molar refractivity (Wildman–Crippen MR) is 75.7 cm³/mol. The molecule has 0 radical (unpaired) electrons. The fourth-order valence-electron chi connectivity index (χ4n) is 1.37. The Morgan fingerprint density at radius 3 is 2.44 bits per heavy atom. The van der Waals surface area contributed by atoms with Gasteiger partial charge in [0.15, 0.2) is 0 Å². The molecule has 0 saturated heterocycles. The number of rotatable bonds is 9. The van der Waals surface area contributed by atoms with Gasteiger partial charge in [0.2, 0.25) is 5.91 Å². The Balaban J connectivity index is 0. The molecule has 0 fully saturated rings. The second kappa shape index (κ2) is 13.1. The number of carbonyl (C=O) groups is 1. The van der Waals surface area contributed by atoms with E-state index >= 15 is 0 Å². The molecule has 0 bridgehead atoms. The molecular weight excluding hydrogens is 244 g/mol. The summed E-state index contributed by atoms with van der Waals surface area (Å²) >= 11 is 4.14. The molecule has 0 saturated carbocycles. The first kappa shape index (κ1) is 18.4. The minimum atomic E-state index is -0.149. The Morgan fingerprint density at radius 2 is 1.94 bits per heavy atom. The molecular formula is C11H25ClN2OS. The van der Waals surface area contributed by atoms with Crippen molar-refractivity contribution in [2.75, 3.05) is 18.8 Å². The van der Waals surface area contributed by atoms with Crippen LogP contribution in [-0.4, -0.2) is 30.8 Å². The van der Waals surface area contributed by atoms with E-state index in [4.69, 9.17) is 0 Å². The van der Waals surface area contributed by atoms with Gasteiger partial charge in [0.25, 0.3) is 0 Å². The highest BCUT2D eigenvalue weighted by atomic mass is 35.5. The number of likely N-dealkylation sites (N-methyl/N-ethyl adjacent to an activating group) is 1. The first-order valence-corrected chi connectivity index (χ1v) is 6.51. The zero-order valence-electron chi connectivity index (χ0n) is 10.3. The largest absolute Gasteiger partial charge is 0.355 e. The van der Waals surface area contributed by atoms with Gasteiger partial charge in [-0.15, -0.1) is 12.4 Å². The van der Waals surface area contributed by atoms with Crippen molar-refractivity contribution in [1.29, 1.82) is 0 Å². The van der Waals surface area contributed by atoms with E-state index < -0.39 is 0 Å². The first-order valence-electron chi connectivity index (χ1n) is 5.88. The Kier molecular flexibility index (Phi) is 15.1. The number of amides is 1. The van der Waals surface area contributed by atoms with Crippen LogP contribution < -0.4 is 10.6 Å². The third-order valence-corrected chi connectivity index (χ3v) is 2.64. The van der Waals surface area contributed by atoms with Crippen molar-refractivity contribution in [2.45, 2.75) is 45.6 Å². The van der Waals surface area contributed by atoms with E-state index in [9.17, 15) is 4.79 Å². The van der Waals surface area contributed by atoms with Gasteiger partial charge in [-0.2, -0.15) is 12.6 Å². The van der Waals surface area contributed by atoms with Gasteiger partial charge in [-0.05, 0) is 13.0 Å². The monoisotopic (exact) mass is 268 g/mol. The molecule has 5 heteroatoms. The van der Waals surface area contributed by atoms with E-state index in [2.05, 4.69) is 30.2 Å². The van der Waals surface area contributed by atoms with Gasteiger partial charge >= 0.3 is 0 Å². The van der Waals surface area contributed by atoms with E-state index in [1.807, 2.05) is 6.92 Å². The lowest BCUT2D eigenvalue weighted by Crippen LogP contribution is -2.45. The average Bonchev–Trinajstić information content (AvgIpc) is 2.25. The highest BCUT2D eigenvalue weighted by molar-refractivity contribution is 7.80. The Bertz CT molecular complexity index is 170. The van der Waals surface area contributed by atoms with Crippen molar-refractivity contribution in [3.05, 3.63) is 0 Å². The Morgan fingerprint density at radius 1 is 1.25 bits per heavy atom. The molecule has 0 aromatic carbocycles. The molecule has 0 spiro atoms. The Hall–Kier alpha value is 0.0700. The molecule has 1 atom stereocenters. The van der Waals surface area contributed by atoms with E-state index in [1.165, 1.54) is 19.3 Å². The fourth-order valence-corrected chi connectivity index (χ4v) is 1.67. The number of carbonyl (C=O) groups excluding carboxylic acids is 1. The van der Waals surface area contributed by atoms with Gasteiger partial charge in [0.05, 0.1) is 6.04 Å². The smallest absolute Gasteiger partial charge is 0.237 e. The standard InChI is InChI=1S/C11H24N2OS.ClH/c1-3-5-6-7-8-13-11(14)10(9-15)12-4-2;/h10,12,15H,3-9H2,1-2H3,(H,13,14);1H/t10-;/m0./s1. The number of thiol groups is 1. The van der Waals surface area contributed by atoms with Crippen LogP contribution in [0.1, 0.15) is 39.5 Å². The number of unbranched alkanes of at least 4 members (excludes halogenated alkanes) is 3. The maximum atomic E-state index is 11.6. The Labute approximate surface area is 111 Å². The second-order valence-electron chi connectivity index (χ2n) is 3.64. The van der Waals surface area contributed by atoms with E-state index in [0.29, 0.717) is 5.75 Å². The van der Waals surface area contributed by atoms with Crippen LogP contribution in [-0.2, 0) is 4.79 Å². The van der Waals surface area contributed by atoms with Crippen molar-refractivity contribution in [3.63, 3.8) is 0 Å². The fraction of sp³-hybridized carbons (Fsp3) is 0.909. The number of hydrogen-bond acceptors (Lipinski definition) is 3. The average molecular weight is 269 g/mol. The quantitative estimate of drug-likeness (QED) is 0.442. The summed E-state index contributed by atoms with van der Waals surface area (Å²) in [5.41, 5.74) is 0. The highest BCUT2D eigenvalue weighted by Crippen LogP contribution is 1.97. The maximum Gasteiger partial charge on any atom is 0.237 e. The van der Waals surface area contributed by atoms with E-state index in [0.717, 1.165) is 19.5 Å². The predicted octanol–water partition coefficient (Wildman–Crippen LogP) is 2.01. The molecule has 1 amide bonds. The second-order valence-corrected chi connectivity index (χ2v) is 4.01. The molecule has 98 valence electrons. The summed E-state index contributed by atoms with van der Waals surface area (Å²) in [6, 6.07) is -0.149. The van der Waals surface area contributed by atoms with Crippen LogP contribution in [0.3, 0.4) is 0 Å². The lowest BCUT2D eigenvalue weighted by Gasteiger charge is -2.14. The lowest BCUT2D eigenvalue weighted by molar-refractivity contribution is -0.122. The van der Waals surface area contributed by atoms with Gasteiger partial charge < -0.3 is 10.6 Å². The third kappa shape index (κ3) is 9.31. The van der Waals surface area contributed by atoms with Gasteiger partial charge in [0, 0.05) is 12.3 Å². The summed E-state index contributed by atoms with van der Waals surface area (Å²) in [5, 5.41) is 6.02. The van der Waals surface area contributed by atoms with Crippen molar-refractivity contribution < 1.29 is 4.79 Å². The molecule has 0 aromatic rings. The molecule has 0 rings (SSSR count). The highest BCUT2D eigenvalue weighted by Gasteiger charge is 2.13. The number of nitrogens with one attached hydrogen (secondary N) is 2. The van der Waals surface area contributed by atoms with Crippen molar-refractivity contribution in [1.82, 2.24) is 10.6 Å². The molecule has 0 unspecified atom stereocenters. The lowest BCUT2D eigenvalue weighted by atomic mass is 10.2. The molecule has 16 heavy (non-hydrogen) atoms. The van der Waals surface area contributed by atoms with Crippen molar-refractivity contribution >= 4 is 30.9 Å². The molecule has 0 aromatic heterocycles. The summed E-state index contributed by atoms with van der Waals surface area (Å²) in [7, 11) is 0. The van der Waals surface area contributed by atoms with E-state index in [-0.39, 0.29) is 24.4 Å². The van der Waals surface area contributed by atoms with Crippen LogP contribution in [0.15, 0.2) is 0 Å². The first-order chi connectivity index (χ1) is 7.26. The topological polar surface area (TPSA) is 41.1 Å². The maximum absolute atomic E-state index is 11.6. The number of halogens is 1. The molecule has 0 aliphatic rings. The molecule has 0 aliphatic carbocycles. The van der Waals surface area contributed by atoms with Crippen LogP contribution in [0.4, 0.5) is 0 Å². The summed E-state index contributed by atoms with van der Waals surface area (Å²) in [4.78, 5) is 11.6. The van der Waals surface area contributed by atoms with E-state index in [1.54, 1.807) is 0 Å². The minimum absolute atomic E-state index is 0. The molecule has 0 heterocycles. The van der Waals surface area contributed by atoms with Gasteiger partial charge in [0.1, 0.15) is 0 Å². The summed E-state index contributed by atoms with van der Waals surface area (Å²) in [6.07, 6.45) is 4.75. The van der Waals surface area contributed by atoms with Crippen LogP contribution in [0, 0.1) is 0 Å². The minimum Gasteiger partial charge on any atom is -0.355 e. The zero-order chi connectivity index (χ0) is 11.5. The van der Waals surface area contributed by atoms with Crippen LogP contribution >= 0.6 is 25.0 Å². The summed E-state index contributed by atoms with van der Waals surface area (Å²) in [6.45, 7) is 5.76. The zero-order valence-corrected chi connectivity index (χ0v) is 12.0. The van der Waals surface area contributed by atoms with Crippen molar-refractivity contribution in [2.24, 2.45) is 0 Å². The summed E-state index contributed by atoms with van der Waals surface area (Å²) in [5.74, 6) is 0.623. The van der Waals surface area contributed by atoms with Gasteiger partial charge in [-0.1, -0.05) is 33.1 Å². The molecule has 0 aliphatic heterocycles. The van der Waals surface area contributed by atoms with Gasteiger partial charge in [-0.3, -0.25) is 4.79 Å². The number of hydrogen-bond donors (Lipinski definition) is 3. The molecule has 3 nitrogen and oxygen atoms in total. The van der Waals surface area contributed by atoms with Crippen molar-refractivity contribution in [3.8, 4) is 0 Å². The van der Waals surface area contributed by atoms with Gasteiger partial charge in [-0.25, -0.2) is 0 Å². The molecule has 2 N–H and O–H groups in total. The van der Waals surface area contributed by atoms with Crippen LogP contribution in [0.5, 0.6) is 0 Å². The normalized spacial score (nSPS) is 11.7.